The average molecular weight is 214 g/mol. The summed E-state index contributed by atoms with van der Waals surface area (Å²) < 4.78 is 0. The van der Waals surface area contributed by atoms with Gasteiger partial charge in [-0.2, -0.15) is 0 Å². The summed E-state index contributed by atoms with van der Waals surface area (Å²) in [6.45, 7) is 0. The van der Waals surface area contributed by atoms with Crippen LogP contribution in [-0.4, -0.2) is 10.1 Å². The minimum absolute atomic E-state index is 0.127. The van der Waals surface area contributed by atoms with Crippen molar-refractivity contribution in [3.63, 3.8) is 0 Å². The fourth-order valence-corrected chi connectivity index (χ4v) is 1.11. The van der Waals surface area contributed by atoms with Gasteiger partial charge in [0.2, 0.25) is 0 Å². The fourth-order valence-electron chi connectivity index (χ4n) is 1.11. The number of benzene rings is 1. The highest BCUT2D eigenvalue weighted by Crippen LogP contribution is 2.21. The molecule has 0 amide bonds. The van der Waals surface area contributed by atoms with E-state index in [9.17, 15) is 5.11 Å². The summed E-state index contributed by atoms with van der Waals surface area (Å²) >= 11 is 0. The third-order valence-electron chi connectivity index (χ3n) is 1.88. The van der Waals surface area contributed by atoms with Crippen LogP contribution in [0.25, 0.3) is 0 Å². The molecule has 0 atom stereocenters. The van der Waals surface area contributed by atoms with E-state index in [1.807, 2.05) is 6.07 Å². The van der Waals surface area contributed by atoms with Crippen molar-refractivity contribution < 1.29 is 5.11 Å². The maximum Gasteiger partial charge on any atom is 0.176 e. The number of pyridine rings is 1. The van der Waals surface area contributed by atoms with Gasteiger partial charge in [0.05, 0.1) is 5.69 Å². The van der Waals surface area contributed by atoms with Gasteiger partial charge in [-0.3, -0.25) is 5.43 Å². The lowest BCUT2D eigenvalue weighted by Gasteiger charge is -2.00. The van der Waals surface area contributed by atoms with Crippen molar-refractivity contribution in [3.8, 4) is 5.75 Å². The summed E-state index contributed by atoms with van der Waals surface area (Å²) in [7, 11) is 0. The number of hydrogen-bond donors (Lipinski definition) is 2. The van der Waals surface area contributed by atoms with Gasteiger partial charge < -0.3 is 5.11 Å². The molecular weight excluding hydrogens is 204 g/mol. The smallest absolute Gasteiger partial charge is 0.176 e. The molecule has 16 heavy (non-hydrogen) atoms. The molecule has 0 saturated carbocycles. The Labute approximate surface area is 92.5 Å². The number of aromatic nitrogens is 1. The lowest BCUT2D eigenvalue weighted by Crippen LogP contribution is -1.86. The van der Waals surface area contributed by atoms with Crippen LogP contribution in [0.15, 0.2) is 59.0 Å². The molecule has 0 fully saturated rings. The molecule has 0 aliphatic carbocycles. The Morgan fingerprint density at radius 3 is 2.62 bits per heavy atom. The summed E-state index contributed by atoms with van der Waals surface area (Å²) in [6.07, 6.45) is 1.63. The van der Waals surface area contributed by atoms with E-state index in [1.165, 1.54) is 0 Å². The number of phenols is 1. The van der Waals surface area contributed by atoms with Gasteiger partial charge in [-0.1, -0.05) is 23.4 Å². The first-order valence-corrected chi connectivity index (χ1v) is 4.72. The first-order chi connectivity index (χ1) is 7.86. The van der Waals surface area contributed by atoms with Crippen molar-refractivity contribution in [2.75, 3.05) is 5.43 Å². The number of phenolic OH excluding ortho intramolecular Hbond substituents is 1. The van der Waals surface area contributed by atoms with Crippen LogP contribution in [0.3, 0.4) is 0 Å². The largest absolute Gasteiger partial charge is 0.506 e. The zero-order valence-electron chi connectivity index (χ0n) is 8.41. The van der Waals surface area contributed by atoms with Crippen LogP contribution < -0.4 is 5.43 Å². The summed E-state index contributed by atoms with van der Waals surface area (Å²) in [5.74, 6) is 0.632. The second-order valence-corrected chi connectivity index (χ2v) is 3.02. The Kier molecular flexibility index (Phi) is 3.08. The van der Waals surface area contributed by atoms with Crippen LogP contribution in [0, 0.1) is 0 Å². The van der Waals surface area contributed by atoms with Crippen LogP contribution in [0.2, 0.25) is 0 Å². The van der Waals surface area contributed by atoms with Crippen molar-refractivity contribution in [1.29, 1.82) is 0 Å². The molecule has 0 aliphatic heterocycles. The van der Waals surface area contributed by atoms with E-state index >= 15 is 0 Å². The zero-order valence-corrected chi connectivity index (χ0v) is 8.41. The van der Waals surface area contributed by atoms with Crippen LogP contribution in [0.5, 0.6) is 5.75 Å². The molecule has 5 heteroatoms. The van der Waals surface area contributed by atoms with Gasteiger partial charge >= 0.3 is 0 Å². The SMILES string of the molecule is Oc1ccccc1N/N=N/c1ccccn1. The standard InChI is InChI=1S/C11H10N4O/c16-10-6-2-1-5-9(10)13-15-14-11-7-3-4-8-12-11/h1-8,16H,(H,12,13,14). The molecule has 2 aromatic rings. The monoisotopic (exact) mass is 214 g/mol. The highest BCUT2D eigenvalue weighted by molar-refractivity contribution is 5.54. The molecule has 5 nitrogen and oxygen atoms in total. The number of aromatic hydroxyl groups is 1. The molecule has 80 valence electrons. The molecule has 2 N–H and O–H groups in total. The van der Waals surface area contributed by atoms with E-state index in [-0.39, 0.29) is 5.75 Å². The van der Waals surface area contributed by atoms with Crippen molar-refractivity contribution in [2.24, 2.45) is 10.3 Å². The van der Waals surface area contributed by atoms with E-state index in [0.717, 1.165) is 0 Å². The Hall–Kier alpha value is -2.43. The first kappa shape index (κ1) is 10.1. The molecule has 0 unspecified atom stereocenters. The van der Waals surface area contributed by atoms with Gasteiger partial charge in [0.1, 0.15) is 5.75 Å². The Morgan fingerprint density at radius 2 is 1.88 bits per heavy atom. The third-order valence-corrected chi connectivity index (χ3v) is 1.88. The molecule has 0 bridgehead atoms. The second-order valence-electron chi connectivity index (χ2n) is 3.02. The summed E-state index contributed by atoms with van der Waals surface area (Å²) in [4.78, 5) is 3.97. The summed E-state index contributed by atoms with van der Waals surface area (Å²) in [5.41, 5.74) is 3.13. The van der Waals surface area contributed by atoms with Crippen molar-refractivity contribution >= 4 is 11.5 Å². The lowest BCUT2D eigenvalue weighted by atomic mass is 10.3. The summed E-state index contributed by atoms with van der Waals surface area (Å²) in [6, 6.07) is 12.1. The molecule has 1 aromatic carbocycles. The van der Waals surface area contributed by atoms with Crippen LogP contribution >= 0.6 is 0 Å². The van der Waals surface area contributed by atoms with E-state index in [1.54, 1.807) is 42.6 Å². The van der Waals surface area contributed by atoms with E-state index in [0.29, 0.717) is 11.5 Å². The van der Waals surface area contributed by atoms with Gasteiger partial charge in [-0.05, 0) is 24.3 Å². The number of nitrogens with one attached hydrogen (secondary N) is 1. The fraction of sp³-hybridized carbons (Fsp3) is 0. The van der Waals surface area contributed by atoms with Crippen molar-refractivity contribution in [2.45, 2.75) is 0 Å². The highest BCUT2D eigenvalue weighted by Gasteiger charge is 1.95. The van der Waals surface area contributed by atoms with E-state index in [4.69, 9.17) is 0 Å². The van der Waals surface area contributed by atoms with Gasteiger partial charge in [0.25, 0.3) is 0 Å². The average Bonchev–Trinajstić information content (AvgIpc) is 2.33. The summed E-state index contributed by atoms with van der Waals surface area (Å²) in [5, 5.41) is 17.0. The molecule has 0 radical (unpaired) electrons. The second kappa shape index (κ2) is 4.88. The molecule has 0 saturated heterocycles. The molecule has 0 aliphatic rings. The quantitative estimate of drug-likeness (QED) is 0.469. The van der Waals surface area contributed by atoms with Gasteiger partial charge in [0.15, 0.2) is 5.82 Å². The minimum Gasteiger partial charge on any atom is -0.506 e. The van der Waals surface area contributed by atoms with Gasteiger partial charge in [0, 0.05) is 6.20 Å². The number of rotatable bonds is 3. The lowest BCUT2D eigenvalue weighted by molar-refractivity contribution is 0.477. The zero-order chi connectivity index (χ0) is 11.2. The van der Waals surface area contributed by atoms with Gasteiger partial charge in [-0.15, -0.1) is 5.11 Å². The van der Waals surface area contributed by atoms with E-state index in [2.05, 4.69) is 20.7 Å². The Bertz CT molecular complexity index is 484. The van der Waals surface area contributed by atoms with Crippen LogP contribution in [0.4, 0.5) is 11.5 Å². The molecular formula is C11H10N4O. The number of para-hydroxylation sites is 2. The van der Waals surface area contributed by atoms with Crippen molar-refractivity contribution in [3.05, 3.63) is 48.7 Å². The number of anilines is 1. The number of hydrogen-bond acceptors (Lipinski definition) is 4. The predicted octanol–water partition coefficient (Wildman–Crippen LogP) is 2.90. The molecule has 2 rings (SSSR count). The number of nitrogens with zero attached hydrogens (tertiary/aromatic N) is 3. The minimum atomic E-state index is 0.127. The Balaban J connectivity index is 2.03. The molecule has 1 aromatic heterocycles. The topological polar surface area (TPSA) is 69.9 Å². The first-order valence-electron chi connectivity index (χ1n) is 4.72. The van der Waals surface area contributed by atoms with Crippen molar-refractivity contribution in [1.82, 2.24) is 4.98 Å². The van der Waals surface area contributed by atoms with Crippen LogP contribution in [0.1, 0.15) is 0 Å². The maximum atomic E-state index is 9.43. The van der Waals surface area contributed by atoms with Gasteiger partial charge in [-0.25, -0.2) is 4.98 Å². The Morgan fingerprint density at radius 1 is 1.06 bits per heavy atom. The normalized spacial score (nSPS) is 10.5. The highest BCUT2D eigenvalue weighted by atomic mass is 16.3. The predicted molar refractivity (Wildman–Crippen MR) is 60.5 cm³/mol. The molecule has 1 heterocycles. The third kappa shape index (κ3) is 2.54. The molecule has 0 spiro atoms. The maximum absolute atomic E-state index is 9.43. The van der Waals surface area contributed by atoms with Crippen LogP contribution in [-0.2, 0) is 0 Å². The van der Waals surface area contributed by atoms with E-state index < -0.39 is 0 Å².